The molecule has 1 saturated carbocycles. The number of halogens is 1. The van der Waals surface area contributed by atoms with Crippen LogP contribution in [-0.4, -0.2) is 39.7 Å². The van der Waals surface area contributed by atoms with Gasteiger partial charge in [0.25, 0.3) is 5.91 Å². The fourth-order valence-electron chi connectivity index (χ4n) is 4.00. The lowest BCUT2D eigenvalue weighted by Crippen LogP contribution is -2.39. The Morgan fingerprint density at radius 1 is 1.48 bits per heavy atom. The van der Waals surface area contributed by atoms with E-state index in [0.29, 0.717) is 18.0 Å². The van der Waals surface area contributed by atoms with Gasteiger partial charge < -0.3 is 10.2 Å². The Bertz CT molecular complexity index is 736. The zero-order chi connectivity index (χ0) is 16.7. The van der Waals surface area contributed by atoms with Crippen LogP contribution in [0.25, 0.3) is 0 Å². The van der Waals surface area contributed by atoms with Crippen LogP contribution in [0.4, 0.5) is 0 Å². The first-order chi connectivity index (χ1) is 11.6. The normalized spacial score (nSPS) is 21.0. The minimum Gasteiger partial charge on any atom is -0.331 e. The smallest absolute Gasteiger partial charge is 0.257 e. The number of carbonyl (C=O) groups excluding carboxylic acids is 1. The van der Waals surface area contributed by atoms with E-state index in [-0.39, 0.29) is 18.3 Å². The first kappa shape index (κ1) is 18.4. The number of hydrogen-bond acceptors (Lipinski definition) is 4. The molecule has 0 bridgehead atoms. The predicted octanol–water partition coefficient (Wildman–Crippen LogP) is 3.00. The average Bonchev–Trinajstić information content (AvgIpc) is 2.92. The summed E-state index contributed by atoms with van der Waals surface area (Å²) in [6.07, 6.45) is 5.22. The lowest BCUT2D eigenvalue weighted by atomic mass is 9.93. The van der Waals surface area contributed by atoms with E-state index in [9.17, 15) is 4.79 Å². The molecular formula is C18H25ClN4OS. The van der Waals surface area contributed by atoms with Gasteiger partial charge in [0.1, 0.15) is 0 Å². The average molecular weight is 381 g/mol. The molecule has 2 aromatic rings. The zero-order valence-electron chi connectivity index (χ0n) is 14.7. The van der Waals surface area contributed by atoms with Crippen molar-refractivity contribution in [3.05, 3.63) is 39.8 Å². The van der Waals surface area contributed by atoms with E-state index >= 15 is 0 Å². The van der Waals surface area contributed by atoms with Crippen molar-refractivity contribution in [1.82, 2.24) is 20.0 Å². The molecule has 136 valence electrons. The van der Waals surface area contributed by atoms with Crippen molar-refractivity contribution < 1.29 is 4.79 Å². The number of nitrogens with one attached hydrogen (secondary N) is 1. The summed E-state index contributed by atoms with van der Waals surface area (Å²) in [4.78, 5) is 15.4. The fourth-order valence-corrected chi connectivity index (χ4v) is 4.65. The van der Waals surface area contributed by atoms with Crippen molar-refractivity contribution in [2.75, 3.05) is 13.1 Å². The highest BCUT2D eigenvalue weighted by molar-refractivity contribution is 7.07. The van der Waals surface area contributed by atoms with Crippen molar-refractivity contribution in [1.29, 1.82) is 0 Å². The van der Waals surface area contributed by atoms with Gasteiger partial charge in [-0.3, -0.25) is 9.48 Å². The standard InChI is InChI=1S/C18H24N4OS.ClH/c1-13-15(10-20-21(13)2)17(23)22(11-14-3-8-24-12-14)16-9-18(16)4-6-19-7-5-18;/h3,8,10,12,16,19H,4-7,9,11H2,1-2H3;1H. The van der Waals surface area contributed by atoms with Crippen molar-refractivity contribution in [3.63, 3.8) is 0 Å². The molecule has 1 amide bonds. The van der Waals surface area contributed by atoms with Crippen LogP contribution in [-0.2, 0) is 13.6 Å². The molecule has 3 heterocycles. The number of rotatable bonds is 4. The number of amides is 1. The van der Waals surface area contributed by atoms with Crippen molar-refractivity contribution in [2.24, 2.45) is 12.5 Å². The van der Waals surface area contributed by atoms with E-state index < -0.39 is 0 Å². The van der Waals surface area contributed by atoms with Gasteiger partial charge in [-0.1, -0.05) is 0 Å². The molecule has 2 fully saturated rings. The molecule has 2 aromatic heterocycles. The van der Waals surface area contributed by atoms with Gasteiger partial charge in [-0.2, -0.15) is 16.4 Å². The van der Waals surface area contributed by atoms with Crippen molar-refractivity contribution in [2.45, 2.75) is 38.8 Å². The molecule has 5 nitrogen and oxygen atoms in total. The molecule has 0 aromatic carbocycles. The lowest BCUT2D eigenvalue weighted by Gasteiger charge is -2.29. The molecule has 1 aliphatic carbocycles. The predicted molar refractivity (Wildman–Crippen MR) is 102 cm³/mol. The molecule has 1 atom stereocenters. The monoisotopic (exact) mass is 380 g/mol. The van der Waals surface area contributed by atoms with Crippen LogP contribution in [0.5, 0.6) is 0 Å². The van der Waals surface area contributed by atoms with Crippen molar-refractivity contribution >= 4 is 29.7 Å². The van der Waals surface area contributed by atoms with E-state index in [4.69, 9.17) is 0 Å². The fraction of sp³-hybridized carbons (Fsp3) is 0.556. The molecule has 1 saturated heterocycles. The number of aryl methyl sites for hydroxylation is 1. The summed E-state index contributed by atoms with van der Waals surface area (Å²) >= 11 is 1.69. The number of carbonyl (C=O) groups is 1. The van der Waals surface area contributed by atoms with Gasteiger partial charge >= 0.3 is 0 Å². The van der Waals surface area contributed by atoms with Crippen molar-refractivity contribution in [3.8, 4) is 0 Å². The minimum atomic E-state index is 0. The van der Waals surface area contributed by atoms with Gasteiger partial charge in [-0.05, 0) is 67.1 Å². The van der Waals surface area contributed by atoms with E-state index in [1.165, 1.54) is 18.4 Å². The van der Waals surface area contributed by atoms with Gasteiger partial charge in [0.05, 0.1) is 11.8 Å². The van der Waals surface area contributed by atoms with Gasteiger partial charge in [-0.15, -0.1) is 12.4 Å². The Hall–Kier alpha value is -1.37. The van der Waals surface area contributed by atoms with E-state index in [1.807, 2.05) is 14.0 Å². The Morgan fingerprint density at radius 3 is 2.84 bits per heavy atom. The molecule has 1 spiro atoms. The molecule has 25 heavy (non-hydrogen) atoms. The quantitative estimate of drug-likeness (QED) is 0.887. The van der Waals surface area contributed by atoms with Gasteiger partial charge in [0, 0.05) is 25.3 Å². The second kappa shape index (κ2) is 7.09. The number of nitrogens with zero attached hydrogens (tertiary/aromatic N) is 3. The number of piperidine rings is 1. The lowest BCUT2D eigenvalue weighted by molar-refractivity contribution is 0.0691. The van der Waals surface area contributed by atoms with Crippen LogP contribution in [0.3, 0.4) is 0 Å². The van der Waals surface area contributed by atoms with Gasteiger partial charge in [0.2, 0.25) is 0 Å². The molecule has 1 aliphatic heterocycles. The zero-order valence-corrected chi connectivity index (χ0v) is 16.3. The van der Waals surface area contributed by atoms with Crippen LogP contribution in [0.15, 0.2) is 23.0 Å². The van der Waals surface area contributed by atoms with Crippen LogP contribution in [0.1, 0.15) is 40.9 Å². The van der Waals surface area contributed by atoms with Gasteiger partial charge in [0.15, 0.2) is 0 Å². The maximum absolute atomic E-state index is 13.3. The summed E-state index contributed by atoms with van der Waals surface area (Å²) < 4.78 is 1.78. The molecule has 2 aliphatic rings. The third kappa shape index (κ3) is 3.35. The van der Waals surface area contributed by atoms with E-state index in [1.54, 1.807) is 22.2 Å². The Balaban J connectivity index is 0.00000182. The highest BCUT2D eigenvalue weighted by Crippen LogP contribution is 2.56. The first-order valence-electron chi connectivity index (χ1n) is 8.62. The van der Waals surface area contributed by atoms with Crippen LogP contribution < -0.4 is 5.32 Å². The first-order valence-corrected chi connectivity index (χ1v) is 9.56. The number of hydrogen-bond donors (Lipinski definition) is 1. The summed E-state index contributed by atoms with van der Waals surface area (Å²) in [6, 6.07) is 2.49. The molecule has 7 heteroatoms. The summed E-state index contributed by atoms with van der Waals surface area (Å²) in [5.41, 5.74) is 3.25. The maximum atomic E-state index is 13.3. The summed E-state index contributed by atoms with van der Waals surface area (Å²) in [6.45, 7) is 4.82. The van der Waals surface area contributed by atoms with Crippen LogP contribution in [0.2, 0.25) is 0 Å². The second-order valence-electron chi connectivity index (χ2n) is 7.16. The van der Waals surface area contributed by atoms with Gasteiger partial charge in [-0.25, -0.2) is 0 Å². The van der Waals surface area contributed by atoms with E-state index in [2.05, 4.69) is 32.1 Å². The summed E-state index contributed by atoms with van der Waals surface area (Å²) in [5, 5.41) is 11.9. The highest BCUT2D eigenvalue weighted by Gasteiger charge is 2.57. The molecule has 4 rings (SSSR count). The Morgan fingerprint density at radius 2 is 2.24 bits per heavy atom. The second-order valence-corrected chi connectivity index (χ2v) is 7.94. The molecule has 1 unspecified atom stereocenters. The van der Waals surface area contributed by atoms with Crippen LogP contribution >= 0.6 is 23.7 Å². The maximum Gasteiger partial charge on any atom is 0.257 e. The highest BCUT2D eigenvalue weighted by atomic mass is 35.5. The third-order valence-corrected chi connectivity index (χ3v) is 6.51. The number of aromatic nitrogens is 2. The minimum absolute atomic E-state index is 0. The summed E-state index contributed by atoms with van der Waals surface area (Å²) in [7, 11) is 1.89. The van der Waals surface area contributed by atoms with Crippen LogP contribution in [0, 0.1) is 12.3 Å². The SMILES string of the molecule is Cc1c(C(=O)N(Cc2ccsc2)C2CC23CCNCC3)cnn1C.Cl. The van der Waals surface area contributed by atoms with E-state index in [0.717, 1.165) is 30.8 Å². The molecule has 1 N–H and O–H groups in total. The largest absolute Gasteiger partial charge is 0.331 e. The number of thiophene rings is 1. The molecule has 0 radical (unpaired) electrons. The molecular weight excluding hydrogens is 356 g/mol. The third-order valence-electron chi connectivity index (χ3n) is 5.78. The Kier molecular flexibility index (Phi) is 5.23. The topological polar surface area (TPSA) is 50.2 Å². The summed E-state index contributed by atoms with van der Waals surface area (Å²) in [5.74, 6) is 0.132. The Labute approximate surface area is 158 Å².